The molecule has 0 bridgehead atoms. The zero-order chi connectivity index (χ0) is 17.3. The van der Waals surface area contributed by atoms with Crippen LogP contribution in [-0.4, -0.2) is 37.3 Å². The lowest BCUT2D eigenvalue weighted by Crippen LogP contribution is -2.33. The lowest BCUT2D eigenvalue weighted by molar-refractivity contribution is -0.140. The van der Waals surface area contributed by atoms with Crippen LogP contribution in [0.1, 0.15) is 5.69 Å². The second kappa shape index (κ2) is 6.92. The molecule has 1 fully saturated rings. The number of carbonyl (C=O) groups excluding carboxylic acids is 1. The maximum absolute atomic E-state index is 12.3. The fourth-order valence-corrected chi connectivity index (χ4v) is 3.91. The van der Waals surface area contributed by atoms with Gasteiger partial charge in [0, 0.05) is 22.1 Å². The lowest BCUT2D eigenvalue weighted by atomic mass is 10.3. The van der Waals surface area contributed by atoms with E-state index in [9.17, 15) is 9.59 Å². The number of carboxylic acids is 1. The molecule has 0 radical (unpaired) electrons. The molecular formula is C16H11BrN2O3S2. The summed E-state index contributed by atoms with van der Waals surface area (Å²) in [6, 6.07) is 11.5. The molecule has 1 aromatic carbocycles. The van der Waals surface area contributed by atoms with E-state index in [-0.39, 0.29) is 10.2 Å². The van der Waals surface area contributed by atoms with Gasteiger partial charge in [0.2, 0.25) is 0 Å². The van der Waals surface area contributed by atoms with E-state index in [4.69, 9.17) is 17.3 Å². The predicted molar refractivity (Wildman–Crippen MR) is 101 cm³/mol. The predicted octanol–water partition coefficient (Wildman–Crippen LogP) is 3.53. The van der Waals surface area contributed by atoms with E-state index >= 15 is 0 Å². The Balaban J connectivity index is 1.93. The van der Waals surface area contributed by atoms with Crippen molar-refractivity contribution in [3.05, 3.63) is 57.7 Å². The van der Waals surface area contributed by atoms with Gasteiger partial charge in [-0.2, -0.15) is 0 Å². The van der Waals surface area contributed by atoms with E-state index in [0.29, 0.717) is 4.91 Å². The lowest BCUT2D eigenvalue weighted by Gasteiger charge is -2.10. The Kier molecular flexibility index (Phi) is 4.88. The number of rotatable bonds is 4. The third-order valence-corrected chi connectivity index (χ3v) is 5.18. The number of nitrogens with zero attached hydrogens (tertiary/aromatic N) is 2. The molecule has 1 N–H and O–H groups in total. The Bertz CT molecular complexity index is 876. The van der Waals surface area contributed by atoms with Crippen molar-refractivity contribution < 1.29 is 14.7 Å². The first-order valence-corrected chi connectivity index (χ1v) is 8.88. The van der Waals surface area contributed by atoms with E-state index in [1.807, 2.05) is 47.2 Å². The van der Waals surface area contributed by atoms with Gasteiger partial charge in [-0.15, -0.1) is 0 Å². The first-order valence-electron chi connectivity index (χ1n) is 6.86. The minimum atomic E-state index is -1.09. The molecule has 24 heavy (non-hydrogen) atoms. The highest BCUT2D eigenvalue weighted by Crippen LogP contribution is 2.32. The number of carbonyl (C=O) groups is 2. The second-order valence-electron chi connectivity index (χ2n) is 4.94. The Morgan fingerprint density at radius 1 is 1.33 bits per heavy atom. The number of halogens is 1. The molecule has 122 valence electrons. The van der Waals surface area contributed by atoms with Crippen molar-refractivity contribution in [1.29, 1.82) is 0 Å². The van der Waals surface area contributed by atoms with E-state index in [2.05, 4.69) is 15.9 Å². The van der Waals surface area contributed by atoms with Crippen LogP contribution in [0.25, 0.3) is 11.8 Å². The summed E-state index contributed by atoms with van der Waals surface area (Å²) in [6.45, 7) is -0.422. The van der Waals surface area contributed by atoms with Gasteiger partial charge in [0.05, 0.1) is 4.91 Å². The van der Waals surface area contributed by atoms with Crippen LogP contribution in [-0.2, 0) is 9.59 Å². The highest BCUT2D eigenvalue weighted by atomic mass is 79.9. The topological polar surface area (TPSA) is 62.5 Å². The molecule has 1 aliphatic rings. The Labute approximate surface area is 156 Å². The van der Waals surface area contributed by atoms with Gasteiger partial charge in [-0.05, 0) is 36.4 Å². The van der Waals surface area contributed by atoms with Gasteiger partial charge >= 0.3 is 5.97 Å². The molecule has 0 atom stereocenters. The molecule has 1 saturated heterocycles. The zero-order valence-corrected chi connectivity index (χ0v) is 15.4. The third kappa shape index (κ3) is 3.45. The molecule has 8 heteroatoms. The van der Waals surface area contributed by atoms with Gasteiger partial charge in [-0.1, -0.05) is 46.0 Å². The SMILES string of the molecule is O=C(O)CN1C(=O)/C(=C/c2cccn2-c2cccc(Br)c2)SC1=S. The molecule has 2 aromatic rings. The fraction of sp³-hybridized carbons (Fsp3) is 0.0625. The number of thiocarbonyl (C=S) groups is 1. The summed E-state index contributed by atoms with van der Waals surface area (Å²) in [7, 11) is 0. The summed E-state index contributed by atoms with van der Waals surface area (Å²) in [5.41, 5.74) is 1.76. The number of benzene rings is 1. The molecule has 0 unspecified atom stereocenters. The van der Waals surface area contributed by atoms with Crippen molar-refractivity contribution >= 4 is 62.2 Å². The third-order valence-electron chi connectivity index (χ3n) is 3.31. The molecule has 2 heterocycles. The number of aromatic nitrogens is 1. The Morgan fingerprint density at radius 3 is 2.83 bits per heavy atom. The monoisotopic (exact) mass is 422 g/mol. The molecule has 1 aromatic heterocycles. The Morgan fingerprint density at radius 2 is 2.12 bits per heavy atom. The van der Waals surface area contributed by atoms with Gasteiger partial charge in [0.15, 0.2) is 0 Å². The van der Waals surface area contributed by atoms with E-state index in [1.54, 1.807) is 6.08 Å². The first kappa shape index (κ1) is 16.9. The first-order chi connectivity index (χ1) is 11.5. The molecular weight excluding hydrogens is 412 g/mol. The number of aliphatic carboxylic acids is 1. The van der Waals surface area contributed by atoms with Crippen LogP contribution in [0.15, 0.2) is 52.0 Å². The van der Waals surface area contributed by atoms with Crippen molar-refractivity contribution in [1.82, 2.24) is 9.47 Å². The van der Waals surface area contributed by atoms with E-state index in [0.717, 1.165) is 32.5 Å². The molecule has 0 spiro atoms. The average molecular weight is 423 g/mol. The number of hydrogen-bond acceptors (Lipinski definition) is 4. The highest BCUT2D eigenvalue weighted by Gasteiger charge is 2.33. The van der Waals surface area contributed by atoms with Crippen molar-refractivity contribution in [2.45, 2.75) is 0 Å². The van der Waals surface area contributed by atoms with Crippen LogP contribution >= 0.6 is 39.9 Å². The van der Waals surface area contributed by atoms with Gasteiger partial charge < -0.3 is 9.67 Å². The summed E-state index contributed by atoms with van der Waals surface area (Å²) >= 11 is 9.66. The molecule has 0 aliphatic carbocycles. The van der Waals surface area contributed by atoms with Crippen LogP contribution in [0.2, 0.25) is 0 Å². The zero-order valence-electron chi connectivity index (χ0n) is 12.2. The summed E-state index contributed by atoms with van der Waals surface area (Å²) in [5, 5.41) is 8.88. The van der Waals surface area contributed by atoms with Crippen LogP contribution in [0.4, 0.5) is 0 Å². The van der Waals surface area contributed by atoms with Gasteiger partial charge in [0.25, 0.3) is 5.91 Å². The van der Waals surface area contributed by atoms with Crippen molar-refractivity contribution in [2.75, 3.05) is 6.54 Å². The molecule has 5 nitrogen and oxygen atoms in total. The fourth-order valence-electron chi connectivity index (χ4n) is 2.28. The average Bonchev–Trinajstić information content (AvgIpc) is 3.08. The largest absolute Gasteiger partial charge is 0.480 e. The standard InChI is InChI=1S/C16H11BrN2O3S2/c17-10-3-1-4-11(7-10)18-6-2-5-12(18)8-13-15(22)19(9-14(20)21)16(23)24-13/h1-8H,9H2,(H,20,21)/b13-8-. The molecule has 1 aliphatic heterocycles. The van der Waals surface area contributed by atoms with Crippen molar-refractivity contribution in [2.24, 2.45) is 0 Å². The maximum Gasteiger partial charge on any atom is 0.323 e. The summed E-state index contributed by atoms with van der Waals surface area (Å²) < 4.78 is 3.15. The summed E-state index contributed by atoms with van der Waals surface area (Å²) in [6.07, 6.45) is 3.62. The summed E-state index contributed by atoms with van der Waals surface area (Å²) in [5.74, 6) is -1.47. The molecule has 1 amide bonds. The van der Waals surface area contributed by atoms with Crippen LogP contribution in [0, 0.1) is 0 Å². The number of hydrogen-bond donors (Lipinski definition) is 1. The van der Waals surface area contributed by atoms with Crippen LogP contribution in [0.5, 0.6) is 0 Å². The highest BCUT2D eigenvalue weighted by molar-refractivity contribution is 9.10. The van der Waals surface area contributed by atoms with E-state index < -0.39 is 12.5 Å². The quantitative estimate of drug-likeness (QED) is 0.602. The van der Waals surface area contributed by atoms with E-state index in [1.165, 1.54) is 0 Å². The number of amides is 1. The second-order valence-corrected chi connectivity index (χ2v) is 7.54. The van der Waals surface area contributed by atoms with Crippen LogP contribution < -0.4 is 0 Å². The van der Waals surface area contributed by atoms with Gasteiger partial charge in [-0.3, -0.25) is 14.5 Å². The Hall–Kier alpha value is -1.90. The molecule has 0 saturated carbocycles. The minimum Gasteiger partial charge on any atom is -0.480 e. The number of thioether (sulfide) groups is 1. The molecule has 3 rings (SSSR count). The van der Waals surface area contributed by atoms with Gasteiger partial charge in [-0.25, -0.2) is 0 Å². The smallest absolute Gasteiger partial charge is 0.323 e. The van der Waals surface area contributed by atoms with Crippen molar-refractivity contribution in [3.63, 3.8) is 0 Å². The van der Waals surface area contributed by atoms with Gasteiger partial charge in [0.1, 0.15) is 10.9 Å². The maximum atomic E-state index is 12.3. The van der Waals surface area contributed by atoms with Crippen molar-refractivity contribution in [3.8, 4) is 5.69 Å². The summed E-state index contributed by atoms with van der Waals surface area (Å²) in [4.78, 5) is 24.7. The number of carboxylic acid groups (broad SMARTS) is 1. The minimum absolute atomic E-state index is 0.259. The normalized spacial score (nSPS) is 16.2. The van der Waals surface area contributed by atoms with Crippen LogP contribution in [0.3, 0.4) is 0 Å².